The maximum absolute atomic E-state index is 14.0. The molecular formula is C27H25Cl2F2N3O. The first-order chi connectivity index (χ1) is 16.9. The minimum atomic E-state index is -1.11. The van der Waals surface area contributed by atoms with Crippen LogP contribution >= 0.6 is 23.2 Å². The Bertz CT molecular complexity index is 1210. The van der Waals surface area contributed by atoms with Crippen LogP contribution in [0.2, 0.25) is 10.0 Å². The predicted molar refractivity (Wildman–Crippen MR) is 133 cm³/mol. The number of pyridine rings is 1. The Morgan fingerprint density at radius 2 is 1.60 bits per heavy atom. The number of benzene rings is 2. The van der Waals surface area contributed by atoms with E-state index in [0.29, 0.717) is 28.6 Å². The van der Waals surface area contributed by atoms with Gasteiger partial charge in [-0.3, -0.25) is 14.7 Å². The quantitative estimate of drug-likeness (QED) is 0.429. The molecule has 3 aromatic rings. The van der Waals surface area contributed by atoms with Crippen LogP contribution in [0.25, 0.3) is 0 Å². The fourth-order valence-electron chi connectivity index (χ4n) is 5.97. The van der Waals surface area contributed by atoms with Crippen molar-refractivity contribution in [2.45, 2.75) is 55.9 Å². The van der Waals surface area contributed by atoms with Crippen molar-refractivity contribution >= 4 is 29.1 Å². The lowest BCUT2D eigenvalue weighted by Crippen LogP contribution is -2.56. The highest BCUT2D eigenvalue weighted by molar-refractivity contribution is 6.32. The first kappa shape index (κ1) is 24.2. The van der Waals surface area contributed by atoms with Gasteiger partial charge in [-0.2, -0.15) is 0 Å². The highest BCUT2D eigenvalue weighted by Crippen LogP contribution is 2.52. The van der Waals surface area contributed by atoms with E-state index >= 15 is 0 Å². The predicted octanol–water partition coefficient (Wildman–Crippen LogP) is 6.14. The fourth-order valence-corrected chi connectivity index (χ4v) is 6.45. The van der Waals surface area contributed by atoms with Crippen LogP contribution in [0, 0.1) is 5.82 Å². The van der Waals surface area contributed by atoms with E-state index in [-0.39, 0.29) is 23.7 Å². The second-order valence-electron chi connectivity index (χ2n) is 9.43. The van der Waals surface area contributed by atoms with Gasteiger partial charge in [-0.05, 0) is 55.0 Å². The lowest BCUT2D eigenvalue weighted by molar-refractivity contribution is -0.127. The molecule has 0 aliphatic carbocycles. The molecule has 1 amide bonds. The molecule has 0 spiro atoms. The highest BCUT2D eigenvalue weighted by Gasteiger charge is 2.55. The molecule has 8 heteroatoms. The topological polar surface area (TPSA) is 59.2 Å². The van der Waals surface area contributed by atoms with Gasteiger partial charge in [-0.25, -0.2) is 8.78 Å². The smallest absolute Gasteiger partial charge is 0.229 e. The molecule has 2 bridgehead atoms. The maximum Gasteiger partial charge on any atom is 0.229 e. The molecule has 1 unspecified atom stereocenters. The Morgan fingerprint density at radius 1 is 1.06 bits per heavy atom. The number of rotatable bonds is 6. The van der Waals surface area contributed by atoms with E-state index in [1.165, 1.54) is 6.07 Å². The first-order valence-electron chi connectivity index (χ1n) is 11.6. The molecule has 2 aromatic carbocycles. The largest absolute Gasteiger partial charge is 0.369 e. The van der Waals surface area contributed by atoms with Gasteiger partial charge in [0, 0.05) is 27.7 Å². The molecule has 1 aromatic heterocycles. The van der Waals surface area contributed by atoms with Crippen LogP contribution in [0.3, 0.4) is 0 Å². The average Bonchev–Trinajstić information content (AvgIpc) is 3.10. The van der Waals surface area contributed by atoms with Crippen molar-refractivity contribution in [3.63, 3.8) is 0 Å². The van der Waals surface area contributed by atoms with Gasteiger partial charge >= 0.3 is 0 Å². The standard InChI is InChI=1S/C27H25Cl2F2N3O/c28-21-7-3-1-5-19(21)25(20-6-2-4-8-22(20)29)34-17-9-10-18(34)13-27(12-17,26(32)35)24-11-16(14-30)23(31)15-33-24/h1-8,11,15,17-18,25H,9-10,12-14H2,(H2,32,35)/t17-,18+,27?. The van der Waals surface area contributed by atoms with Crippen LogP contribution in [0.4, 0.5) is 8.78 Å². The molecular weight excluding hydrogens is 491 g/mol. The third-order valence-electron chi connectivity index (χ3n) is 7.58. The monoisotopic (exact) mass is 515 g/mol. The van der Waals surface area contributed by atoms with Gasteiger partial charge in [0.1, 0.15) is 12.5 Å². The third kappa shape index (κ3) is 4.11. The van der Waals surface area contributed by atoms with Crippen molar-refractivity contribution in [1.82, 2.24) is 9.88 Å². The van der Waals surface area contributed by atoms with Crippen LogP contribution in [-0.4, -0.2) is 27.9 Å². The summed E-state index contributed by atoms with van der Waals surface area (Å²) in [6, 6.07) is 16.5. The van der Waals surface area contributed by atoms with Gasteiger partial charge in [-0.1, -0.05) is 59.6 Å². The van der Waals surface area contributed by atoms with E-state index in [1.54, 1.807) is 0 Å². The molecule has 3 heterocycles. The Kier molecular flexibility index (Phi) is 6.55. The van der Waals surface area contributed by atoms with Gasteiger partial charge < -0.3 is 5.73 Å². The fraction of sp³-hybridized carbons (Fsp3) is 0.333. The minimum absolute atomic E-state index is 0.0283. The van der Waals surface area contributed by atoms with Crippen LogP contribution in [0.1, 0.15) is 54.1 Å². The molecule has 2 aliphatic rings. The molecule has 2 fully saturated rings. The second kappa shape index (κ2) is 9.49. The molecule has 182 valence electrons. The third-order valence-corrected chi connectivity index (χ3v) is 8.27. The average molecular weight is 516 g/mol. The van der Waals surface area contributed by atoms with Crippen molar-refractivity contribution in [2.75, 3.05) is 0 Å². The number of aromatic nitrogens is 1. The summed E-state index contributed by atoms with van der Waals surface area (Å²) in [5.41, 5.74) is 6.97. The number of alkyl halides is 1. The molecule has 2 saturated heterocycles. The number of nitrogens with two attached hydrogens (primary N) is 1. The van der Waals surface area contributed by atoms with Crippen molar-refractivity contribution in [1.29, 1.82) is 0 Å². The number of piperidine rings is 1. The number of halogens is 4. The zero-order valence-corrected chi connectivity index (χ0v) is 20.4. The summed E-state index contributed by atoms with van der Waals surface area (Å²) in [6.07, 6.45) is 3.48. The van der Waals surface area contributed by atoms with Gasteiger partial charge in [0.05, 0.1) is 23.3 Å². The Hall–Kier alpha value is -2.54. The Morgan fingerprint density at radius 3 is 2.09 bits per heavy atom. The normalized spacial score (nSPS) is 24.1. The van der Waals surface area contributed by atoms with Gasteiger partial charge in [0.15, 0.2) is 0 Å². The van der Waals surface area contributed by atoms with Crippen molar-refractivity contribution in [3.8, 4) is 0 Å². The maximum atomic E-state index is 14.0. The number of hydrogen-bond acceptors (Lipinski definition) is 3. The molecule has 0 radical (unpaired) electrons. The van der Waals surface area contributed by atoms with E-state index < -0.39 is 23.8 Å². The zero-order valence-electron chi connectivity index (χ0n) is 18.9. The first-order valence-corrected chi connectivity index (χ1v) is 12.4. The zero-order chi connectivity index (χ0) is 24.7. The van der Waals surface area contributed by atoms with Crippen LogP contribution < -0.4 is 5.73 Å². The number of hydrogen-bond donors (Lipinski definition) is 1. The molecule has 4 nitrogen and oxygen atoms in total. The van der Waals surface area contributed by atoms with Crippen LogP contribution in [0.5, 0.6) is 0 Å². The molecule has 5 rings (SSSR count). The minimum Gasteiger partial charge on any atom is -0.369 e. The van der Waals surface area contributed by atoms with E-state index in [1.807, 2.05) is 48.5 Å². The number of carbonyl (C=O) groups excluding carboxylic acids is 1. The van der Waals surface area contributed by atoms with E-state index in [0.717, 1.165) is 30.2 Å². The van der Waals surface area contributed by atoms with Gasteiger partial charge in [0.25, 0.3) is 0 Å². The van der Waals surface area contributed by atoms with Crippen molar-refractivity contribution < 1.29 is 13.6 Å². The van der Waals surface area contributed by atoms with Crippen molar-refractivity contribution in [3.05, 3.63) is 99.0 Å². The van der Waals surface area contributed by atoms with Crippen molar-refractivity contribution in [2.24, 2.45) is 5.73 Å². The second-order valence-corrected chi connectivity index (χ2v) is 10.2. The number of nitrogens with zero attached hydrogens (tertiary/aromatic N) is 2. The molecule has 3 atom stereocenters. The number of fused-ring (bicyclic) bond motifs is 2. The van der Waals surface area contributed by atoms with Gasteiger partial charge in [0.2, 0.25) is 5.91 Å². The number of carbonyl (C=O) groups is 1. The van der Waals surface area contributed by atoms with E-state index in [2.05, 4.69) is 9.88 Å². The SMILES string of the molecule is NC(=O)C1(c2cc(CF)c(F)cn2)C[C@H]2CC[C@@H](C1)N2C(c1ccccc1Cl)c1ccccc1Cl. The van der Waals surface area contributed by atoms with E-state index in [4.69, 9.17) is 28.9 Å². The summed E-state index contributed by atoms with van der Waals surface area (Å²) in [6.45, 7) is -0.976. The molecule has 2 aliphatic heterocycles. The Balaban J connectivity index is 1.60. The van der Waals surface area contributed by atoms with Crippen LogP contribution in [-0.2, 0) is 16.9 Å². The number of primary amides is 1. The van der Waals surface area contributed by atoms with E-state index in [9.17, 15) is 13.6 Å². The summed E-state index contributed by atoms with van der Waals surface area (Å²) in [5.74, 6) is -1.25. The number of amides is 1. The van der Waals surface area contributed by atoms with Crippen LogP contribution in [0.15, 0.2) is 60.8 Å². The highest BCUT2D eigenvalue weighted by atomic mass is 35.5. The lowest BCUT2D eigenvalue weighted by Gasteiger charge is -2.48. The molecule has 0 saturated carbocycles. The Labute approximate surface area is 213 Å². The molecule has 2 N–H and O–H groups in total. The summed E-state index contributed by atoms with van der Waals surface area (Å²) in [5, 5.41) is 1.27. The van der Waals surface area contributed by atoms with Gasteiger partial charge in [-0.15, -0.1) is 0 Å². The molecule has 35 heavy (non-hydrogen) atoms. The summed E-state index contributed by atoms with van der Waals surface area (Å²) < 4.78 is 27.4. The summed E-state index contributed by atoms with van der Waals surface area (Å²) >= 11 is 13.4. The lowest BCUT2D eigenvalue weighted by atomic mass is 9.70. The summed E-state index contributed by atoms with van der Waals surface area (Å²) in [7, 11) is 0. The summed E-state index contributed by atoms with van der Waals surface area (Å²) in [4.78, 5) is 19.5.